The van der Waals surface area contributed by atoms with Crippen LogP contribution in [0.3, 0.4) is 0 Å². The molecule has 3 heteroatoms. The molecule has 0 saturated heterocycles. The van der Waals surface area contributed by atoms with Gasteiger partial charge in [-0.25, -0.2) is 0 Å². The van der Waals surface area contributed by atoms with Gasteiger partial charge in [0.25, 0.3) is 0 Å². The van der Waals surface area contributed by atoms with Crippen molar-refractivity contribution >= 4 is 5.97 Å². The Balaban J connectivity index is 2.10. The Morgan fingerprint density at radius 2 is 2.04 bits per heavy atom. The van der Waals surface area contributed by atoms with Gasteiger partial charge >= 0.3 is 5.97 Å². The average Bonchev–Trinajstić information content (AvgIpc) is 2.50. The molecular formula is C22H36O3. The Morgan fingerprint density at radius 1 is 1.36 bits per heavy atom. The third kappa shape index (κ3) is 4.19. The number of aliphatic hydroxyl groups excluding tert-OH is 1. The number of fused-ring (bicyclic) bond motifs is 1. The van der Waals surface area contributed by atoms with Crippen molar-refractivity contribution in [3.63, 3.8) is 0 Å². The van der Waals surface area contributed by atoms with E-state index < -0.39 is 0 Å². The van der Waals surface area contributed by atoms with Gasteiger partial charge in [-0.1, -0.05) is 38.0 Å². The van der Waals surface area contributed by atoms with Crippen LogP contribution in [0.4, 0.5) is 0 Å². The molecule has 2 aliphatic rings. The molecule has 25 heavy (non-hydrogen) atoms. The number of carbonyl (C=O) groups excluding carboxylic acids is 1. The van der Waals surface area contributed by atoms with Gasteiger partial charge in [0.15, 0.2) is 0 Å². The minimum Gasteiger partial charge on any atom is -0.462 e. The SMILES string of the molecule is CC(=O)OC/C=C(\C)CC[C@@H]1C(C)=CC[C@@H]2C(C)(C)[C@@H](O)CC[C@]12C. The summed E-state index contributed by atoms with van der Waals surface area (Å²) in [6.45, 7) is 13.2. The summed E-state index contributed by atoms with van der Waals surface area (Å²) >= 11 is 0. The Hall–Kier alpha value is -1.09. The number of hydrogen-bond acceptors (Lipinski definition) is 3. The second-order valence-electron chi connectivity index (χ2n) is 9.06. The van der Waals surface area contributed by atoms with E-state index in [1.54, 1.807) is 0 Å². The second kappa shape index (κ2) is 7.65. The number of aliphatic hydroxyl groups is 1. The Kier molecular flexibility index (Phi) is 6.19. The van der Waals surface area contributed by atoms with Gasteiger partial charge in [-0.05, 0) is 74.7 Å². The summed E-state index contributed by atoms with van der Waals surface area (Å²) in [7, 11) is 0. The van der Waals surface area contributed by atoms with Gasteiger partial charge in [0, 0.05) is 6.92 Å². The van der Waals surface area contributed by atoms with Crippen LogP contribution in [0.25, 0.3) is 0 Å². The summed E-state index contributed by atoms with van der Waals surface area (Å²) in [4.78, 5) is 10.9. The fraction of sp³-hybridized carbons (Fsp3) is 0.773. The van der Waals surface area contributed by atoms with Crippen LogP contribution >= 0.6 is 0 Å². The second-order valence-corrected chi connectivity index (χ2v) is 9.06. The number of carbonyl (C=O) groups is 1. The molecule has 0 aliphatic heterocycles. The maximum atomic E-state index is 10.9. The Morgan fingerprint density at radius 3 is 2.68 bits per heavy atom. The Bertz CT molecular complexity index is 558. The molecule has 1 N–H and O–H groups in total. The molecule has 1 saturated carbocycles. The van der Waals surface area contributed by atoms with Crippen molar-refractivity contribution in [1.29, 1.82) is 0 Å². The number of rotatable bonds is 5. The van der Waals surface area contributed by atoms with Gasteiger partial charge in [-0.3, -0.25) is 4.79 Å². The minimum atomic E-state index is -0.228. The number of ether oxygens (including phenoxy) is 1. The highest BCUT2D eigenvalue weighted by Crippen LogP contribution is 2.60. The van der Waals surface area contributed by atoms with E-state index in [9.17, 15) is 9.90 Å². The van der Waals surface area contributed by atoms with E-state index in [0.717, 1.165) is 32.1 Å². The molecule has 2 aliphatic carbocycles. The zero-order valence-corrected chi connectivity index (χ0v) is 16.9. The van der Waals surface area contributed by atoms with Crippen molar-refractivity contribution in [1.82, 2.24) is 0 Å². The van der Waals surface area contributed by atoms with Crippen LogP contribution < -0.4 is 0 Å². The van der Waals surface area contributed by atoms with E-state index in [-0.39, 0.29) is 22.9 Å². The lowest BCUT2D eigenvalue weighted by molar-refractivity contribution is -0.139. The van der Waals surface area contributed by atoms with Crippen LogP contribution in [-0.2, 0) is 9.53 Å². The molecule has 0 spiro atoms. The first-order chi connectivity index (χ1) is 11.6. The van der Waals surface area contributed by atoms with Crippen LogP contribution in [0.2, 0.25) is 0 Å². The number of allylic oxidation sites excluding steroid dienone is 3. The summed E-state index contributed by atoms with van der Waals surface area (Å²) in [6.07, 6.45) is 9.51. The highest BCUT2D eigenvalue weighted by Gasteiger charge is 2.54. The molecule has 1 fully saturated rings. The maximum absolute atomic E-state index is 10.9. The highest BCUT2D eigenvalue weighted by molar-refractivity contribution is 5.66. The predicted octanol–water partition coefficient (Wildman–Crippen LogP) is 5.05. The molecule has 0 aromatic carbocycles. The summed E-state index contributed by atoms with van der Waals surface area (Å²) in [6, 6.07) is 0. The van der Waals surface area contributed by atoms with Gasteiger partial charge in [-0.2, -0.15) is 0 Å². The molecule has 0 aromatic rings. The van der Waals surface area contributed by atoms with Crippen molar-refractivity contribution in [2.45, 2.75) is 79.8 Å². The third-order valence-corrected chi connectivity index (χ3v) is 7.08. The van der Waals surface area contributed by atoms with Crippen LogP contribution in [-0.4, -0.2) is 23.8 Å². The number of hydrogen-bond donors (Lipinski definition) is 1. The van der Waals surface area contributed by atoms with E-state index in [2.05, 4.69) is 40.7 Å². The third-order valence-electron chi connectivity index (χ3n) is 7.08. The molecule has 2 rings (SSSR count). The molecule has 0 unspecified atom stereocenters. The summed E-state index contributed by atoms with van der Waals surface area (Å²) < 4.78 is 5.02. The summed E-state index contributed by atoms with van der Waals surface area (Å²) in [5.74, 6) is 0.867. The van der Waals surface area contributed by atoms with E-state index in [1.165, 1.54) is 18.1 Å². The molecule has 0 aromatic heterocycles. The fourth-order valence-electron chi connectivity index (χ4n) is 5.36. The smallest absolute Gasteiger partial charge is 0.302 e. The van der Waals surface area contributed by atoms with Gasteiger partial charge < -0.3 is 9.84 Å². The largest absolute Gasteiger partial charge is 0.462 e. The summed E-state index contributed by atoms with van der Waals surface area (Å²) in [5.41, 5.74) is 3.04. The molecule has 3 nitrogen and oxygen atoms in total. The topological polar surface area (TPSA) is 46.5 Å². The first-order valence-electron chi connectivity index (χ1n) is 9.72. The van der Waals surface area contributed by atoms with Crippen molar-refractivity contribution in [3.8, 4) is 0 Å². The van der Waals surface area contributed by atoms with Crippen LogP contribution in [0, 0.1) is 22.7 Å². The lowest BCUT2D eigenvalue weighted by Crippen LogP contribution is -2.54. The molecule has 0 bridgehead atoms. The number of esters is 1. The molecular weight excluding hydrogens is 312 g/mol. The van der Waals surface area contributed by atoms with Crippen molar-refractivity contribution < 1.29 is 14.6 Å². The maximum Gasteiger partial charge on any atom is 0.302 e. The first-order valence-corrected chi connectivity index (χ1v) is 9.72. The van der Waals surface area contributed by atoms with Gasteiger partial charge in [0.1, 0.15) is 6.61 Å². The van der Waals surface area contributed by atoms with E-state index in [4.69, 9.17) is 4.74 Å². The summed E-state index contributed by atoms with van der Waals surface area (Å²) in [5, 5.41) is 10.5. The molecule has 0 amide bonds. The lowest BCUT2D eigenvalue weighted by atomic mass is 9.47. The monoisotopic (exact) mass is 348 g/mol. The van der Waals surface area contributed by atoms with E-state index in [0.29, 0.717) is 18.4 Å². The predicted molar refractivity (Wildman–Crippen MR) is 102 cm³/mol. The van der Waals surface area contributed by atoms with Crippen LogP contribution in [0.1, 0.15) is 73.6 Å². The van der Waals surface area contributed by atoms with Gasteiger partial charge in [-0.15, -0.1) is 0 Å². The molecule has 4 atom stereocenters. The zero-order valence-electron chi connectivity index (χ0n) is 16.9. The normalized spacial score (nSPS) is 34.9. The van der Waals surface area contributed by atoms with Crippen molar-refractivity contribution in [2.24, 2.45) is 22.7 Å². The van der Waals surface area contributed by atoms with Gasteiger partial charge in [0.05, 0.1) is 6.10 Å². The van der Waals surface area contributed by atoms with E-state index >= 15 is 0 Å². The van der Waals surface area contributed by atoms with E-state index in [1.807, 2.05) is 6.08 Å². The molecule has 142 valence electrons. The zero-order chi connectivity index (χ0) is 18.8. The standard InChI is InChI=1S/C22H36O3/c1-15(12-14-25-17(3)23)7-9-18-16(2)8-10-19-21(4,5)20(24)11-13-22(18,19)6/h8,12,18-20,24H,7,9-11,13-14H2,1-6H3/b15-12+/t18-,19-,20+,22-/m1/s1. The van der Waals surface area contributed by atoms with Crippen molar-refractivity contribution in [3.05, 3.63) is 23.3 Å². The molecule has 0 radical (unpaired) electrons. The van der Waals surface area contributed by atoms with Crippen LogP contribution in [0.15, 0.2) is 23.3 Å². The van der Waals surface area contributed by atoms with Crippen molar-refractivity contribution in [2.75, 3.05) is 6.61 Å². The quantitative estimate of drug-likeness (QED) is 0.559. The lowest BCUT2D eigenvalue weighted by Gasteiger charge is -2.58. The highest BCUT2D eigenvalue weighted by atomic mass is 16.5. The molecule has 0 heterocycles. The fourth-order valence-corrected chi connectivity index (χ4v) is 5.36. The van der Waals surface area contributed by atoms with Gasteiger partial charge in [0.2, 0.25) is 0 Å². The minimum absolute atomic E-state index is 0.0251. The first kappa shape index (κ1) is 20.2. The average molecular weight is 349 g/mol. The van der Waals surface area contributed by atoms with Crippen LogP contribution in [0.5, 0.6) is 0 Å². The Labute approximate surface area is 153 Å².